The molecular weight excluding hydrogens is 212 g/mol. The van der Waals surface area contributed by atoms with Crippen LogP contribution in [0.3, 0.4) is 0 Å². The van der Waals surface area contributed by atoms with Crippen LogP contribution in [-0.4, -0.2) is 22.1 Å². The summed E-state index contributed by atoms with van der Waals surface area (Å²) in [6, 6.07) is 0. The molecule has 1 amide bonds. The van der Waals surface area contributed by atoms with Crippen molar-refractivity contribution < 1.29 is 19.2 Å². The maximum Gasteiger partial charge on any atom is 0.307 e. The lowest BCUT2D eigenvalue weighted by atomic mass is 10.1. The number of aliphatic carboxylic acids is 1. The molecule has 1 saturated carbocycles. The van der Waals surface area contributed by atoms with E-state index in [0.717, 1.165) is 0 Å². The zero-order chi connectivity index (χ0) is 11.9. The Morgan fingerprint density at radius 3 is 2.62 bits per heavy atom. The number of carboxylic acid groups (broad SMARTS) is 1. The van der Waals surface area contributed by atoms with Crippen LogP contribution in [0.1, 0.15) is 13.8 Å². The summed E-state index contributed by atoms with van der Waals surface area (Å²) in [5.74, 6) is -2.36. The lowest BCUT2D eigenvalue weighted by Gasteiger charge is -2.02. The number of anilines is 1. The van der Waals surface area contributed by atoms with Gasteiger partial charge in [-0.3, -0.25) is 9.59 Å². The normalized spacial score (nSPS) is 26.1. The number of hydrogen-bond acceptors (Lipinski definition) is 4. The third-order valence-electron chi connectivity index (χ3n) is 3.08. The lowest BCUT2D eigenvalue weighted by molar-refractivity contribution is -0.140. The predicted octanol–water partition coefficient (Wildman–Crippen LogP) is 0.970. The Kier molecular flexibility index (Phi) is 2.22. The first kappa shape index (κ1) is 10.7. The van der Waals surface area contributed by atoms with Crippen LogP contribution in [-0.2, 0) is 9.59 Å². The Hall–Kier alpha value is -1.85. The summed E-state index contributed by atoms with van der Waals surface area (Å²) in [5.41, 5.74) is -0.0515. The molecule has 0 aliphatic heterocycles. The van der Waals surface area contributed by atoms with E-state index in [1.165, 1.54) is 12.5 Å². The molecule has 1 fully saturated rings. The second-order valence-electron chi connectivity index (χ2n) is 4.52. The number of amides is 1. The highest BCUT2D eigenvalue weighted by atomic mass is 16.5. The number of nitrogens with zero attached hydrogens (tertiary/aromatic N) is 1. The second-order valence-corrected chi connectivity index (χ2v) is 4.52. The Morgan fingerprint density at radius 1 is 1.50 bits per heavy atom. The molecule has 0 spiro atoms. The largest absolute Gasteiger partial charge is 0.481 e. The van der Waals surface area contributed by atoms with Gasteiger partial charge in [-0.15, -0.1) is 0 Å². The molecule has 1 aliphatic rings. The maximum absolute atomic E-state index is 11.8. The van der Waals surface area contributed by atoms with Crippen LogP contribution in [0.4, 0.5) is 5.69 Å². The first-order chi connectivity index (χ1) is 7.44. The molecule has 1 heterocycles. The monoisotopic (exact) mass is 224 g/mol. The van der Waals surface area contributed by atoms with Gasteiger partial charge in [0.25, 0.3) is 0 Å². The highest BCUT2D eigenvalue weighted by Gasteiger charge is 2.65. The molecule has 1 aliphatic carbocycles. The molecule has 6 heteroatoms. The van der Waals surface area contributed by atoms with Gasteiger partial charge >= 0.3 is 5.97 Å². The van der Waals surface area contributed by atoms with Crippen molar-refractivity contribution in [2.45, 2.75) is 13.8 Å². The average Bonchev–Trinajstić information content (AvgIpc) is 2.58. The van der Waals surface area contributed by atoms with Crippen LogP contribution >= 0.6 is 0 Å². The standard InChI is InChI=1S/C10H12N2O4/c1-10(2)6(7(10)9(14)15)8(13)12-5-3-11-16-4-5/h3-4,6-7H,1-2H3,(H,12,13)(H,14,15). The number of nitrogens with one attached hydrogen (secondary N) is 1. The molecule has 0 bridgehead atoms. The van der Waals surface area contributed by atoms with Gasteiger partial charge in [0.05, 0.1) is 18.0 Å². The highest BCUT2D eigenvalue weighted by Crippen LogP contribution is 2.58. The molecule has 0 aromatic carbocycles. The highest BCUT2D eigenvalue weighted by molar-refractivity contribution is 5.99. The maximum atomic E-state index is 11.8. The van der Waals surface area contributed by atoms with E-state index in [-0.39, 0.29) is 5.91 Å². The van der Waals surface area contributed by atoms with Gasteiger partial charge in [0.1, 0.15) is 12.0 Å². The quantitative estimate of drug-likeness (QED) is 0.798. The van der Waals surface area contributed by atoms with E-state index in [0.29, 0.717) is 5.69 Å². The van der Waals surface area contributed by atoms with Crippen molar-refractivity contribution in [3.05, 3.63) is 12.5 Å². The summed E-state index contributed by atoms with van der Waals surface area (Å²) in [6.07, 6.45) is 2.66. The summed E-state index contributed by atoms with van der Waals surface area (Å²) in [4.78, 5) is 22.6. The molecule has 2 N–H and O–H groups in total. The molecule has 6 nitrogen and oxygen atoms in total. The number of carbonyl (C=O) groups is 2. The first-order valence-corrected chi connectivity index (χ1v) is 4.87. The lowest BCUT2D eigenvalue weighted by Crippen LogP contribution is -2.17. The van der Waals surface area contributed by atoms with Gasteiger partial charge in [-0.1, -0.05) is 19.0 Å². The van der Waals surface area contributed by atoms with Crippen molar-refractivity contribution in [2.75, 3.05) is 5.32 Å². The third kappa shape index (κ3) is 1.56. The molecule has 2 rings (SSSR count). The van der Waals surface area contributed by atoms with E-state index >= 15 is 0 Å². The minimum Gasteiger partial charge on any atom is -0.481 e. The summed E-state index contributed by atoms with van der Waals surface area (Å²) >= 11 is 0. The van der Waals surface area contributed by atoms with Crippen LogP contribution in [0, 0.1) is 17.3 Å². The van der Waals surface area contributed by atoms with Gasteiger partial charge in [-0.2, -0.15) is 0 Å². The van der Waals surface area contributed by atoms with Crippen LogP contribution in [0.25, 0.3) is 0 Å². The summed E-state index contributed by atoms with van der Waals surface area (Å²) in [6.45, 7) is 3.54. The molecule has 1 aromatic heterocycles. The molecular formula is C10H12N2O4. The average molecular weight is 224 g/mol. The SMILES string of the molecule is CC1(C)C(C(=O)O)C1C(=O)Nc1cnoc1. The minimum atomic E-state index is -0.935. The van der Waals surface area contributed by atoms with Crippen LogP contribution in [0.5, 0.6) is 0 Å². The first-order valence-electron chi connectivity index (χ1n) is 4.87. The van der Waals surface area contributed by atoms with Gasteiger partial charge in [-0.25, -0.2) is 0 Å². The predicted molar refractivity (Wildman–Crippen MR) is 53.5 cm³/mol. The summed E-state index contributed by atoms with van der Waals surface area (Å²) in [7, 11) is 0. The van der Waals surface area contributed by atoms with Crippen molar-refractivity contribution in [1.29, 1.82) is 0 Å². The van der Waals surface area contributed by atoms with Crippen molar-refractivity contribution in [3.8, 4) is 0 Å². The molecule has 16 heavy (non-hydrogen) atoms. The zero-order valence-corrected chi connectivity index (χ0v) is 8.93. The van der Waals surface area contributed by atoms with Gasteiger partial charge in [0.2, 0.25) is 5.91 Å². The van der Waals surface area contributed by atoms with Crippen LogP contribution in [0.15, 0.2) is 17.0 Å². The van der Waals surface area contributed by atoms with E-state index in [9.17, 15) is 9.59 Å². The molecule has 0 saturated heterocycles. The zero-order valence-electron chi connectivity index (χ0n) is 8.93. The number of hydrogen-bond donors (Lipinski definition) is 2. The molecule has 2 atom stereocenters. The molecule has 0 radical (unpaired) electrons. The van der Waals surface area contributed by atoms with E-state index in [2.05, 4.69) is 15.0 Å². The fraction of sp³-hybridized carbons (Fsp3) is 0.500. The number of rotatable bonds is 3. The van der Waals surface area contributed by atoms with E-state index in [1.807, 2.05) is 0 Å². The topological polar surface area (TPSA) is 92.4 Å². The van der Waals surface area contributed by atoms with Crippen LogP contribution < -0.4 is 5.32 Å². The Balaban J connectivity index is 2.05. The minimum absolute atomic E-state index is 0.305. The number of carbonyl (C=O) groups excluding carboxylic acids is 1. The van der Waals surface area contributed by atoms with Gasteiger partial charge in [0.15, 0.2) is 0 Å². The number of carboxylic acids is 1. The summed E-state index contributed by atoms with van der Waals surface area (Å²) < 4.78 is 4.56. The van der Waals surface area contributed by atoms with Crippen molar-refractivity contribution in [3.63, 3.8) is 0 Å². The van der Waals surface area contributed by atoms with Crippen molar-refractivity contribution >= 4 is 17.6 Å². The van der Waals surface area contributed by atoms with E-state index < -0.39 is 23.2 Å². The van der Waals surface area contributed by atoms with Gasteiger partial charge in [-0.05, 0) is 5.41 Å². The smallest absolute Gasteiger partial charge is 0.307 e. The van der Waals surface area contributed by atoms with Crippen molar-refractivity contribution in [2.24, 2.45) is 17.3 Å². The molecule has 1 aromatic rings. The van der Waals surface area contributed by atoms with Crippen LogP contribution in [0.2, 0.25) is 0 Å². The van der Waals surface area contributed by atoms with E-state index in [4.69, 9.17) is 5.11 Å². The second kappa shape index (κ2) is 3.33. The summed E-state index contributed by atoms with van der Waals surface area (Å²) in [5, 5.41) is 14.9. The van der Waals surface area contributed by atoms with Gasteiger partial charge in [0, 0.05) is 0 Å². The van der Waals surface area contributed by atoms with Crippen molar-refractivity contribution in [1.82, 2.24) is 5.16 Å². The fourth-order valence-electron chi connectivity index (χ4n) is 2.07. The molecule has 86 valence electrons. The Bertz CT molecular complexity index is 424. The fourth-order valence-corrected chi connectivity index (χ4v) is 2.07. The molecule has 2 unspecified atom stereocenters. The third-order valence-corrected chi connectivity index (χ3v) is 3.08. The van der Waals surface area contributed by atoms with Gasteiger partial charge < -0.3 is 14.9 Å². The Morgan fingerprint density at radius 2 is 2.19 bits per heavy atom. The Labute approximate surface area is 91.6 Å². The van der Waals surface area contributed by atoms with E-state index in [1.54, 1.807) is 13.8 Å². The number of aromatic nitrogens is 1.